The van der Waals surface area contributed by atoms with Crippen LogP contribution in [0, 0.1) is 13.8 Å². The lowest BCUT2D eigenvalue weighted by molar-refractivity contribution is 0.170. The SMILES string of the molecule is COc1cccc(OC)c1-n1c(NS(=O)(=O)[C@@H](C)[C@H](O)c2ccc(C)nn2)nnc1-c1cncc(C)c1. The molecule has 3 aromatic heterocycles. The fourth-order valence-electron chi connectivity index (χ4n) is 3.68. The number of aromatic nitrogens is 6. The molecular weight excluding hydrogens is 498 g/mol. The van der Waals surface area contributed by atoms with Gasteiger partial charge in [0.1, 0.15) is 28.5 Å². The van der Waals surface area contributed by atoms with Crippen LogP contribution in [0.4, 0.5) is 5.95 Å². The number of anilines is 1. The molecule has 2 atom stereocenters. The zero-order chi connectivity index (χ0) is 26.7. The van der Waals surface area contributed by atoms with Crippen LogP contribution in [0.1, 0.15) is 30.0 Å². The summed E-state index contributed by atoms with van der Waals surface area (Å²) in [6, 6.07) is 10.2. The van der Waals surface area contributed by atoms with E-state index in [0.29, 0.717) is 34.3 Å². The Kier molecular flexibility index (Phi) is 7.36. The van der Waals surface area contributed by atoms with Gasteiger partial charge in [0.15, 0.2) is 5.82 Å². The van der Waals surface area contributed by atoms with Crippen LogP contribution >= 0.6 is 0 Å². The largest absolute Gasteiger partial charge is 0.494 e. The van der Waals surface area contributed by atoms with Crippen molar-refractivity contribution in [3.05, 3.63) is 65.7 Å². The van der Waals surface area contributed by atoms with Crippen LogP contribution in [-0.4, -0.2) is 62.9 Å². The minimum absolute atomic E-state index is 0.128. The van der Waals surface area contributed by atoms with Crippen molar-refractivity contribution in [1.29, 1.82) is 0 Å². The molecule has 0 bridgehead atoms. The summed E-state index contributed by atoms with van der Waals surface area (Å²) in [4.78, 5) is 4.23. The van der Waals surface area contributed by atoms with Gasteiger partial charge in [0.2, 0.25) is 16.0 Å². The third-order valence-corrected chi connectivity index (χ3v) is 7.41. The van der Waals surface area contributed by atoms with Crippen LogP contribution in [0.2, 0.25) is 0 Å². The summed E-state index contributed by atoms with van der Waals surface area (Å²) in [7, 11) is -1.23. The molecule has 0 saturated carbocycles. The average molecular weight is 526 g/mol. The second-order valence-electron chi connectivity index (χ2n) is 8.34. The highest BCUT2D eigenvalue weighted by Gasteiger charge is 2.33. The van der Waals surface area contributed by atoms with Gasteiger partial charge < -0.3 is 14.6 Å². The number of pyridine rings is 1. The molecule has 4 aromatic rings. The van der Waals surface area contributed by atoms with E-state index in [-0.39, 0.29) is 11.6 Å². The zero-order valence-electron chi connectivity index (χ0n) is 20.9. The van der Waals surface area contributed by atoms with E-state index in [4.69, 9.17) is 9.47 Å². The molecule has 4 rings (SSSR count). The van der Waals surface area contributed by atoms with E-state index in [1.54, 1.807) is 43.6 Å². The van der Waals surface area contributed by atoms with E-state index < -0.39 is 21.4 Å². The summed E-state index contributed by atoms with van der Waals surface area (Å²) in [6.45, 7) is 4.98. The molecule has 1 aromatic carbocycles. The first kappa shape index (κ1) is 26.0. The van der Waals surface area contributed by atoms with E-state index >= 15 is 0 Å². The maximum absolute atomic E-state index is 13.4. The molecule has 0 unspecified atom stereocenters. The molecule has 0 saturated heterocycles. The number of sulfonamides is 1. The Bertz CT molecular complexity index is 1480. The monoisotopic (exact) mass is 525 g/mol. The Morgan fingerprint density at radius 2 is 1.68 bits per heavy atom. The lowest BCUT2D eigenvalue weighted by Gasteiger charge is -2.21. The normalized spacial score (nSPS) is 13.1. The summed E-state index contributed by atoms with van der Waals surface area (Å²) in [5.41, 5.74) is 2.61. The quantitative estimate of drug-likeness (QED) is 0.333. The average Bonchev–Trinajstić information content (AvgIpc) is 3.29. The van der Waals surface area contributed by atoms with Crippen molar-refractivity contribution in [3.63, 3.8) is 0 Å². The highest BCUT2D eigenvalue weighted by atomic mass is 32.2. The van der Waals surface area contributed by atoms with E-state index in [2.05, 4.69) is 30.1 Å². The van der Waals surface area contributed by atoms with Crippen molar-refractivity contribution in [3.8, 4) is 28.6 Å². The van der Waals surface area contributed by atoms with Crippen LogP contribution < -0.4 is 14.2 Å². The molecule has 0 radical (unpaired) electrons. The van der Waals surface area contributed by atoms with Crippen molar-refractivity contribution in [1.82, 2.24) is 29.9 Å². The molecule has 0 aliphatic heterocycles. The van der Waals surface area contributed by atoms with Crippen molar-refractivity contribution in [2.75, 3.05) is 18.9 Å². The molecule has 37 heavy (non-hydrogen) atoms. The number of rotatable bonds is 9. The van der Waals surface area contributed by atoms with Gasteiger partial charge in [0.05, 0.1) is 25.6 Å². The zero-order valence-corrected chi connectivity index (χ0v) is 21.8. The van der Waals surface area contributed by atoms with E-state index in [1.807, 2.05) is 13.0 Å². The third kappa shape index (κ3) is 5.22. The molecule has 0 aliphatic rings. The molecule has 13 heteroatoms. The lowest BCUT2D eigenvalue weighted by Crippen LogP contribution is -2.32. The number of methoxy groups -OCH3 is 2. The number of aryl methyl sites for hydroxylation is 2. The number of ether oxygens (including phenoxy) is 2. The van der Waals surface area contributed by atoms with E-state index in [9.17, 15) is 13.5 Å². The topological polar surface area (TPSA) is 154 Å². The smallest absolute Gasteiger partial charge is 0.243 e. The number of nitrogens with zero attached hydrogens (tertiary/aromatic N) is 6. The predicted molar refractivity (Wildman–Crippen MR) is 136 cm³/mol. The minimum Gasteiger partial charge on any atom is -0.494 e. The maximum atomic E-state index is 13.4. The van der Waals surface area contributed by atoms with Gasteiger partial charge in [-0.25, -0.2) is 8.42 Å². The van der Waals surface area contributed by atoms with Gasteiger partial charge in [-0.2, -0.15) is 10.2 Å². The van der Waals surface area contributed by atoms with Crippen LogP contribution in [0.5, 0.6) is 11.5 Å². The Hall–Kier alpha value is -4.10. The number of aliphatic hydroxyl groups is 1. The number of hydrogen-bond donors (Lipinski definition) is 2. The number of para-hydroxylation sites is 1. The maximum Gasteiger partial charge on any atom is 0.243 e. The van der Waals surface area contributed by atoms with Crippen molar-refractivity contribution >= 4 is 16.0 Å². The fraction of sp³-hybridized carbons (Fsp3) is 0.292. The van der Waals surface area contributed by atoms with Gasteiger partial charge >= 0.3 is 0 Å². The van der Waals surface area contributed by atoms with Crippen LogP contribution in [0.15, 0.2) is 48.8 Å². The standard InChI is InChI=1S/C24H27N7O5S/c1-14-11-17(13-25-12-14)23-28-29-24(31(23)21-19(35-4)7-6-8-20(21)36-5)30-37(33,34)16(3)22(32)18-10-9-15(2)26-27-18/h6-13,16,22,32H,1-5H3,(H,29,30)/t16-,22-/m0/s1. The summed E-state index contributed by atoms with van der Waals surface area (Å²) < 4.78 is 41.9. The highest BCUT2D eigenvalue weighted by molar-refractivity contribution is 7.93. The highest BCUT2D eigenvalue weighted by Crippen LogP contribution is 2.38. The molecule has 3 heterocycles. The van der Waals surface area contributed by atoms with Gasteiger partial charge in [-0.1, -0.05) is 6.07 Å². The number of aliphatic hydroxyl groups excluding tert-OH is 1. The van der Waals surface area contributed by atoms with Crippen molar-refractivity contribution in [2.24, 2.45) is 0 Å². The number of nitrogens with one attached hydrogen (secondary N) is 1. The first-order valence-corrected chi connectivity index (χ1v) is 12.8. The summed E-state index contributed by atoms with van der Waals surface area (Å²) in [5, 5.41) is 25.7. The minimum atomic E-state index is -4.21. The molecule has 12 nitrogen and oxygen atoms in total. The van der Waals surface area contributed by atoms with E-state index in [1.165, 1.54) is 31.8 Å². The van der Waals surface area contributed by atoms with Crippen LogP contribution in [0.3, 0.4) is 0 Å². The second kappa shape index (κ2) is 10.5. The number of benzene rings is 1. The van der Waals surface area contributed by atoms with Crippen molar-refractivity contribution < 1.29 is 23.0 Å². The Morgan fingerprint density at radius 1 is 0.973 bits per heavy atom. The number of hydrogen-bond acceptors (Lipinski definition) is 10. The van der Waals surface area contributed by atoms with Gasteiger partial charge in [-0.3, -0.25) is 14.3 Å². The Morgan fingerprint density at radius 3 is 2.27 bits per heavy atom. The van der Waals surface area contributed by atoms with Gasteiger partial charge in [0.25, 0.3) is 0 Å². The first-order chi connectivity index (χ1) is 17.7. The molecule has 0 aliphatic carbocycles. The Labute approximate surface area is 214 Å². The fourth-order valence-corrected chi connectivity index (χ4v) is 4.73. The Balaban J connectivity index is 1.83. The van der Waals surface area contributed by atoms with Crippen molar-refractivity contribution in [2.45, 2.75) is 32.1 Å². The molecule has 194 valence electrons. The van der Waals surface area contributed by atoms with Crippen LogP contribution in [-0.2, 0) is 10.0 Å². The third-order valence-electron chi connectivity index (χ3n) is 5.71. The predicted octanol–water partition coefficient (Wildman–Crippen LogP) is 2.62. The van der Waals surface area contributed by atoms with Crippen LogP contribution in [0.25, 0.3) is 17.1 Å². The van der Waals surface area contributed by atoms with Gasteiger partial charge in [0, 0.05) is 18.0 Å². The summed E-state index contributed by atoms with van der Waals surface area (Å²) in [5.74, 6) is 0.955. The molecular formula is C24H27N7O5S. The molecule has 0 amide bonds. The molecule has 0 fully saturated rings. The first-order valence-electron chi connectivity index (χ1n) is 11.2. The van der Waals surface area contributed by atoms with E-state index in [0.717, 1.165) is 5.56 Å². The molecule has 2 N–H and O–H groups in total. The van der Waals surface area contributed by atoms with Gasteiger partial charge in [-0.15, -0.1) is 10.2 Å². The summed E-state index contributed by atoms with van der Waals surface area (Å²) in [6.07, 6.45) is 1.84. The van der Waals surface area contributed by atoms with Gasteiger partial charge in [-0.05, 0) is 56.7 Å². The summed E-state index contributed by atoms with van der Waals surface area (Å²) >= 11 is 0. The second-order valence-corrected chi connectivity index (χ2v) is 10.4. The molecule has 0 spiro atoms. The lowest BCUT2D eigenvalue weighted by atomic mass is 10.2.